The topological polar surface area (TPSA) is 110 Å². The molecule has 0 atom stereocenters. The second-order valence-corrected chi connectivity index (χ2v) is 5.10. The number of nitro benzene ring substituents is 1. The monoisotopic (exact) mass is 292 g/mol. The molecule has 0 heterocycles. The van der Waals surface area contributed by atoms with Gasteiger partial charge in [-0.05, 0) is 18.9 Å². The lowest BCUT2D eigenvalue weighted by molar-refractivity contribution is -0.384. The molecular formula is C14H16N2O5. The number of non-ortho nitro benzene ring substituents is 1. The van der Waals surface area contributed by atoms with Crippen LogP contribution in [0.15, 0.2) is 18.2 Å². The van der Waals surface area contributed by atoms with Crippen molar-refractivity contribution < 1.29 is 19.6 Å². The largest absolute Gasteiger partial charge is 0.507 e. The van der Waals surface area contributed by atoms with Gasteiger partial charge in [-0.25, -0.2) is 0 Å². The minimum atomic E-state index is -0.957. The molecule has 1 fully saturated rings. The van der Waals surface area contributed by atoms with E-state index in [9.17, 15) is 24.8 Å². The molecule has 7 nitrogen and oxygen atoms in total. The number of hydrogen-bond acceptors (Lipinski definition) is 5. The van der Waals surface area contributed by atoms with E-state index in [1.165, 1.54) is 0 Å². The quantitative estimate of drug-likeness (QED) is 0.381. The van der Waals surface area contributed by atoms with E-state index in [2.05, 4.69) is 5.32 Å². The molecule has 0 unspecified atom stereocenters. The Balaban J connectivity index is 2.13. The van der Waals surface area contributed by atoms with Crippen molar-refractivity contribution in [2.45, 2.75) is 38.1 Å². The second kappa shape index (κ2) is 6.34. The van der Waals surface area contributed by atoms with Gasteiger partial charge in [0.15, 0.2) is 0 Å². The summed E-state index contributed by atoms with van der Waals surface area (Å²) in [5.74, 6) is -2.23. The lowest BCUT2D eigenvalue weighted by atomic mass is 9.95. The number of nitrogens with zero attached hydrogens (tertiary/aromatic N) is 1. The van der Waals surface area contributed by atoms with Gasteiger partial charge >= 0.3 is 0 Å². The predicted octanol–water partition coefficient (Wildman–Crippen LogP) is 1.93. The van der Waals surface area contributed by atoms with E-state index in [0.717, 1.165) is 50.3 Å². The molecule has 2 rings (SSSR count). The van der Waals surface area contributed by atoms with E-state index in [1.807, 2.05) is 0 Å². The Kier molecular flexibility index (Phi) is 4.52. The molecule has 0 aliphatic heterocycles. The van der Waals surface area contributed by atoms with E-state index in [-0.39, 0.29) is 17.3 Å². The number of Topliss-reactive ketones (excluding diaryl/α,β-unsaturated/α-hetero) is 1. The second-order valence-electron chi connectivity index (χ2n) is 5.10. The number of carbonyl (C=O) groups excluding carboxylic acids is 2. The number of ketones is 1. The summed E-state index contributed by atoms with van der Waals surface area (Å²) in [5, 5.41) is 22.9. The Morgan fingerprint density at radius 1 is 1.24 bits per heavy atom. The fraction of sp³-hybridized carbons (Fsp3) is 0.429. The van der Waals surface area contributed by atoms with Crippen molar-refractivity contribution in [3.05, 3.63) is 33.9 Å². The molecule has 1 aromatic rings. The van der Waals surface area contributed by atoms with Crippen LogP contribution in [0.2, 0.25) is 0 Å². The highest BCUT2D eigenvalue weighted by Crippen LogP contribution is 2.24. The van der Waals surface area contributed by atoms with E-state index in [0.29, 0.717) is 0 Å². The van der Waals surface area contributed by atoms with Gasteiger partial charge in [0.1, 0.15) is 5.75 Å². The Morgan fingerprint density at radius 3 is 2.52 bits per heavy atom. The van der Waals surface area contributed by atoms with Crippen LogP contribution in [-0.4, -0.2) is 27.8 Å². The van der Waals surface area contributed by atoms with Crippen molar-refractivity contribution >= 4 is 17.4 Å². The molecule has 21 heavy (non-hydrogen) atoms. The van der Waals surface area contributed by atoms with Crippen LogP contribution in [0.4, 0.5) is 5.69 Å². The number of phenols is 1. The highest BCUT2D eigenvalue weighted by Gasteiger charge is 2.25. The molecule has 1 saturated carbocycles. The molecule has 0 bridgehead atoms. The van der Waals surface area contributed by atoms with Crippen LogP contribution in [-0.2, 0) is 4.79 Å². The van der Waals surface area contributed by atoms with Gasteiger partial charge < -0.3 is 10.4 Å². The van der Waals surface area contributed by atoms with E-state index in [4.69, 9.17) is 0 Å². The van der Waals surface area contributed by atoms with Crippen molar-refractivity contribution in [1.82, 2.24) is 5.32 Å². The Bertz CT molecular complexity index is 579. The first-order chi connectivity index (χ1) is 9.99. The van der Waals surface area contributed by atoms with Gasteiger partial charge in [0.05, 0.1) is 10.5 Å². The summed E-state index contributed by atoms with van der Waals surface area (Å²) in [7, 11) is 0. The van der Waals surface area contributed by atoms with E-state index < -0.39 is 22.4 Å². The van der Waals surface area contributed by atoms with Crippen molar-refractivity contribution in [1.29, 1.82) is 0 Å². The molecule has 2 N–H and O–H groups in total. The molecule has 1 amide bonds. The minimum absolute atomic E-state index is 0.0453. The number of phenolic OH excluding ortho intramolecular Hbond substituents is 1. The van der Waals surface area contributed by atoms with Crippen LogP contribution in [0.1, 0.15) is 42.5 Å². The summed E-state index contributed by atoms with van der Waals surface area (Å²) in [4.78, 5) is 33.9. The smallest absolute Gasteiger partial charge is 0.292 e. The average molecular weight is 292 g/mol. The van der Waals surface area contributed by atoms with Gasteiger partial charge in [-0.1, -0.05) is 19.3 Å². The molecule has 7 heteroatoms. The fourth-order valence-corrected chi connectivity index (χ4v) is 2.44. The van der Waals surface area contributed by atoms with Gasteiger partial charge in [-0.2, -0.15) is 0 Å². The van der Waals surface area contributed by atoms with Crippen LogP contribution in [0, 0.1) is 10.1 Å². The third kappa shape index (κ3) is 3.56. The Hall–Kier alpha value is -2.44. The standard InChI is InChI=1S/C14H16N2O5/c17-12-7-6-10(16(20)21)8-11(12)13(18)14(19)15-9-4-2-1-3-5-9/h6-9,17H,1-5H2,(H,15,19). The molecule has 1 aliphatic rings. The molecule has 112 valence electrons. The van der Waals surface area contributed by atoms with Crippen molar-refractivity contribution in [3.63, 3.8) is 0 Å². The normalized spacial score (nSPS) is 15.4. The van der Waals surface area contributed by atoms with Gasteiger partial charge in [0.2, 0.25) is 0 Å². The number of aromatic hydroxyl groups is 1. The van der Waals surface area contributed by atoms with Crippen LogP contribution >= 0.6 is 0 Å². The van der Waals surface area contributed by atoms with Crippen LogP contribution in [0.25, 0.3) is 0 Å². The first-order valence-corrected chi connectivity index (χ1v) is 6.81. The first-order valence-electron chi connectivity index (χ1n) is 6.81. The maximum absolute atomic E-state index is 12.0. The van der Waals surface area contributed by atoms with Gasteiger partial charge in [-0.3, -0.25) is 19.7 Å². The maximum Gasteiger partial charge on any atom is 0.292 e. The Labute approximate surface area is 121 Å². The van der Waals surface area contributed by atoms with Crippen LogP contribution < -0.4 is 5.32 Å². The number of benzene rings is 1. The van der Waals surface area contributed by atoms with E-state index in [1.54, 1.807) is 0 Å². The summed E-state index contributed by atoms with van der Waals surface area (Å²) in [5.41, 5.74) is -0.695. The van der Waals surface area contributed by atoms with Gasteiger partial charge in [0, 0.05) is 18.2 Å². The van der Waals surface area contributed by atoms with E-state index >= 15 is 0 Å². The summed E-state index contributed by atoms with van der Waals surface area (Å²) in [6, 6.07) is 2.98. The molecule has 0 saturated heterocycles. The van der Waals surface area contributed by atoms with Crippen LogP contribution in [0.3, 0.4) is 0 Å². The molecule has 0 spiro atoms. The highest BCUT2D eigenvalue weighted by atomic mass is 16.6. The summed E-state index contributed by atoms with van der Waals surface area (Å²) in [6.07, 6.45) is 4.76. The van der Waals surface area contributed by atoms with Gasteiger partial charge in [0.25, 0.3) is 17.4 Å². The zero-order valence-electron chi connectivity index (χ0n) is 11.4. The number of nitro groups is 1. The lowest BCUT2D eigenvalue weighted by Gasteiger charge is -2.22. The fourth-order valence-electron chi connectivity index (χ4n) is 2.44. The summed E-state index contributed by atoms with van der Waals surface area (Å²) < 4.78 is 0. The first kappa shape index (κ1) is 15.0. The van der Waals surface area contributed by atoms with Crippen LogP contribution in [0.5, 0.6) is 5.75 Å². The highest BCUT2D eigenvalue weighted by molar-refractivity contribution is 6.43. The Morgan fingerprint density at radius 2 is 1.90 bits per heavy atom. The SMILES string of the molecule is O=C(NC1CCCCC1)C(=O)c1cc([N+](=O)[O-])ccc1O. The average Bonchev–Trinajstić information content (AvgIpc) is 2.47. The minimum Gasteiger partial charge on any atom is -0.507 e. The van der Waals surface area contributed by atoms with Crippen molar-refractivity contribution in [2.24, 2.45) is 0 Å². The summed E-state index contributed by atoms with van der Waals surface area (Å²) in [6.45, 7) is 0. The molecule has 0 aromatic heterocycles. The lowest BCUT2D eigenvalue weighted by Crippen LogP contribution is -2.40. The van der Waals surface area contributed by atoms with Crippen molar-refractivity contribution in [3.8, 4) is 5.75 Å². The number of carbonyl (C=O) groups is 2. The zero-order chi connectivity index (χ0) is 15.4. The van der Waals surface area contributed by atoms with Crippen molar-refractivity contribution in [2.75, 3.05) is 0 Å². The number of nitrogens with one attached hydrogen (secondary N) is 1. The molecular weight excluding hydrogens is 276 g/mol. The molecule has 0 radical (unpaired) electrons. The molecule has 1 aromatic carbocycles. The third-order valence-electron chi connectivity index (χ3n) is 3.58. The number of rotatable bonds is 4. The van der Waals surface area contributed by atoms with Gasteiger partial charge in [-0.15, -0.1) is 0 Å². The number of hydrogen-bond donors (Lipinski definition) is 2. The zero-order valence-corrected chi connectivity index (χ0v) is 11.4. The third-order valence-corrected chi connectivity index (χ3v) is 3.58. The predicted molar refractivity (Wildman–Crippen MR) is 74.1 cm³/mol. The number of amides is 1. The maximum atomic E-state index is 12.0. The molecule has 1 aliphatic carbocycles. The summed E-state index contributed by atoms with van der Waals surface area (Å²) >= 11 is 0.